The van der Waals surface area contributed by atoms with E-state index in [1.165, 1.54) is 30.0 Å². The fourth-order valence-corrected chi connectivity index (χ4v) is 4.32. The molecule has 0 bridgehead atoms. The molecule has 0 fully saturated rings. The lowest BCUT2D eigenvalue weighted by atomic mass is 9.88. The fraction of sp³-hybridized carbons (Fsp3) is 0.357. The van der Waals surface area contributed by atoms with Crippen LogP contribution in [0.3, 0.4) is 0 Å². The summed E-state index contributed by atoms with van der Waals surface area (Å²) in [7, 11) is 0. The van der Waals surface area contributed by atoms with Gasteiger partial charge in [0, 0.05) is 12.1 Å². The molecule has 172 valence electrons. The van der Waals surface area contributed by atoms with Gasteiger partial charge in [0.1, 0.15) is 18.2 Å². The smallest absolute Gasteiger partial charge is 0.305 e. The third-order valence-electron chi connectivity index (χ3n) is 6.04. The molecule has 0 saturated heterocycles. The van der Waals surface area contributed by atoms with Crippen LogP contribution in [0.5, 0.6) is 5.75 Å². The van der Waals surface area contributed by atoms with Gasteiger partial charge < -0.3 is 9.47 Å². The van der Waals surface area contributed by atoms with Gasteiger partial charge in [-0.25, -0.2) is 4.39 Å². The van der Waals surface area contributed by atoms with Gasteiger partial charge >= 0.3 is 5.97 Å². The first-order chi connectivity index (χ1) is 16.1. The van der Waals surface area contributed by atoms with Crippen LogP contribution in [0.1, 0.15) is 55.0 Å². The predicted octanol–water partition coefficient (Wildman–Crippen LogP) is 6.23. The molecular formula is C28H30FNO3. The maximum Gasteiger partial charge on any atom is 0.305 e. The molecule has 1 aliphatic carbocycles. The van der Waals surface area contributed by atoms with Crippen molar-refractivity contribution in [3.8, 4) is 16.9 Å². The van der Waals surface area contributed by atoms with E-state index < -0.39 is 0 Å². The lowest BCUT2D eigenvalue weighted by Gasteiger charge is -2.18. The van der Waals surface area contributed by atoms with E-state index in [1.807, 2.05) is 18.2 Å². The number of ether oxygens (including phenoxy) is 2. The molecule has 0 saturated carbocycles. The number of hydrogen-bond donors (Lipinski definition) is 0. The Morgan fingerprint density at radius 3 is 2.67 bits per heavy atom. The zero-order chi connectivity index (χ0) is 23.0. The molecule has 2 aromatic carbocycles. The number of carbonyl (C=O) groups is 1. The van der Waals surface area contributed by atoms with Gasteiger partial charge in [-0.15, -0.1) is 0 Å². The first-order valence-corrected chi connectivity index (χ1v) is 11.8. The van der Waals surface area contributed by atoms with Gasteiger partial charge in [0.25, 0.3) is 0 Å². The molecule has 33 heavy (non-hydrogen) atoms. The summed E-state index contributed by atoms with van der Waals surface area (Å²) in [4.78, 5) is 15.9. The number of carbonyl (C=O) groups excluding carboxylic acids is 1. The van der Waals surface area contributed by atoms with Gasteiger partial charge in [-0.2, -0.15) is 0 Å². The van der Waals surface area contributed by atoms with Crippen LogP contribution in [0.15, 0.2) is 54.7 Å². The second-order valence-electron chi connectivity index (χ2n) is 8.42. The fourth-order valence-electron chi connectivity index (χ4n) is 4.32. The first-order valence-electron chi connectivity index (χ1n) is 11.8. The minimum Gasteiger partial charge on any atom is -0.487 e. The van der Waals surface area contributed by atoms with Crippen molar-refractivity contribution in [1.82, 2.24) is 4.98 Å². The Kier molecular flexibility index (Phi) is 7.71. The molecule has 1 aliphatic rings. The van der Waals surface area contributed by atoms with Crippen molar-refractivity contribution < 1.29 is 18.7 Å². The standard InChI is InChI=1S/C28H30FNO3/c1-2-32-28(31)9-5-8-25-13-14-26(18-30-25)33-19-23-17-24(29)12-15-27(23)22-11-10-20-6-3-4-7-21(20)16-22/h10-18H,2-9,19H2,1H3. The molecule has 5 heteroatoms. The molecule has 0 atom stereocenters. The number of benzene rings is 2. The second kappa shape index (κ2) is 11.1. The second-order valence-corrected chi connectivity index (χ2v) is 8.42. The summed E-state index contributed by atoms with van der Waals surface area (Å²) >= 11 is 0. The van der Waals surface area contributed by atoms with E-state index in [0.717, 1.165) is 35.2 Å². The van der Waals surface area contributed by atoms with Crippen LogP contribution < -0.4 is 4.74 Å². The van der Waals surface area contributed by atoms with Gasteiger partial charge in [-0.3, -0.25) is 9.78 Å². The highest BCUT2D eigenvalue weighted by Gasteiger charge is 2.13. The summed E-state index contributed by atoms with van der Waals surface area (Å²) in [5, 5.41) is 0. The number of halogens is 1. The number of pyridine rings is 1. The number of fused-ring (bicyclic) bond motifs is 1. The van der Waals surface area contributed by atoms with Crippen molar-refractivity contribution in [3.05, 3.63) is 82.9 Å². The molecule has 4 rings (SSSR count). The monoisotopic (exact) mass is 447 g/mol. The largest absolute Gasteiger partial charge is 0.487 e. The van der Waals surface area contributed by atoms with Crippen LogP contribution in [0.2, 0.25) is 0 Å². The Morgan fingerprint density at radius 2 is 1.88 bits per heavy atom. The maximum absolute atomic E-state index is 14.0. The zero-order valence-corrected chi connectivity index (χ0v) is 19.1. The minimum absolute atomic E-state index is 0.178. The van der Waals surface area contributed by atoms with E-state index >= 15 is 0 Å². The molecule has 3 aromatic rings. The van der Waals surface area contributed by atoms with E-state index in [4.69, 9.17) is 9.47 Å². The quantitative estimate of drug-likeness (QED) is 0.365. The molecule has 0 amide bonds. The Morgan fingerprint density at radius 1 is 1.03 bits per heavy atom. The Bertz CT molecular complexity index is 1090. The van der Waals surface area contributed by atoms with Crippen LogP contribution in [0, 0.1) is 5.82 Å². The van der Waals surface area contributed by atoms with E-state index in [0.29, 0.717) is 31.6 Å². The molecule has 0 N–H and O–H groups in total. The average Bonchev–Trinajstić information content (AvgIpc) is 2.83. The molecule has 1 heterocycles. The number of nitrogens with zero attached hydrogens (tertiary/aromatic N) is 1. The summed E-state index contributed by atoms with van der Waals surface area (Å²) in [6, 6.07) is 15.2. The summed E-state index contributed by atoms with van der Waals surface area (Å²) in [6.07, 6.45) is 8.18. The van der Waals surface area contributed by atoms with Crippen LogP contribution in [-0.2, 0) is 35.4 Å². The van der Waals surface area contributed by atoms with Gasteiger partial charge in [-0.1, -0.05) is 24.3 Å². The summed E-state index contributed by atoms with van der Waals surface area (Å²) in [5.74, 6) is 0.178. The van der Waals surface area contributed by atoms with E-state index in [9.17, 15) is 9.18 Å². The molecule has 0 spiro atoms. The van der Waals surface area contributed by atoms with Crippen molar-refractivity contribution >= 4 is 5.97 Å². The first kappa shape index (κ1) is 23.0. The van der Waals surface area contributed by atoms with Crippen LogP contribution in [0.4, 0.5) is 4.39 Å². The SMILES string of the molecule is CCOC(=O)CCCc1ccc(OCc2cc(F)ccc2-c2ccc3c(c2)CCCC3)cn1. The zero-order valence-electron chi connectivity index (χ0n) is 19.1. The summed E-state index contributed by atoms with van der Waals surface area (Å²) in [5.41, 5.74) is 6.63. The van der Waals surface area contributed by atoms with E-state index in [-0.39, 0.29) is 18.4 Å². The van der Waals surface area contributed by atoms with Gasteiger partial charge in [0.05, 0.1) is 12.8 Å². The van der Waals surface area contributed by atoms with Crippen LogP contribution in [-0.4, -0.2) is 17.6 Å². The number of aryl methyl sites for hydroxylation is 3. The highest BCUT2D eigenvalue weighted by molar-refractivity contribution is 5.69. The summed E-state index contributed by atoms with van der Waals surface area (Å²) in [6.45, 7) is 2.47. The van der Waals surface area contributed by atoms with E-state index in [2.05, 4.69) is 23.2 Å². The number of hydrogen-bond acceptors (Lipinski definition) is 4. The molecule has 0 unspecified atom stereocenters. The lowest BCUT2D eigenvalue weighted by Crippen LogP contribution is -2.04. The van der Waals surface area contributed by atoms with Gasteiger partial charge in [-0.05, 0) is 97.5 Å². The highest BCUT2D eigenvalue weighted by Crippen LogP contribution is 2.30. The predicted molar refractivity (Wildman–Crippen MR) is 127 cm³/mol. The van der Waals surface area contributed by atoms with Crippen molar-refractivity contribution in [1.29, 1.82) is 0 Å². The maximum atomic E-state index is 14.0. The third kappa shape index (κ3) is 6.19. The Labute approximate surface area is 194 Å². The van der Waals surface area contributed by atoms with Crippen molar-refractivity contribution in [2.24, 2.45) is 0 Å². The highest BCUT2D eigenvalue weighted by atomic mass is 19.1. The Hall–Kier alpha value is -3.21. The van der Waals surface area contributed by atoms with Crippen molar-refractivity contribution in [3.63, 3.8) is 0 Å². The van der Waals surface area contributed by atoms with Crippen LogP contribution >= 0.6 is 0 Å². The van der Waals surface area contributed by atoms with E-state index in [1.54, 1.807) is 19.2 Å². The number of aromatic nitrogens is 1. The number of rotatable bonds is 9. The Balaban J connectivity index is 1.40. The number of esters is 1. The van der Waals surface area contributed by atoms with Crippen molar-refractivity contribution in [2.45, 2.75) is 58.5 Å². The van der Waals surface area contributed by atoms with Crippen LogP contribution in [0.25, 0.3) is 11.1 Å². The van der Waals surface area contributed by atoms with Gasteiger partial charge in [0.2, 0.25) is 0 Å². The normalized spacial score (nSPS) is 12.8. The topological polar surface area (TPSA) is 48.4 Å². The molecular weight excluding hydrogens is 417 g/mol. The summed E-state index contributed by atoms with van der Waals surface area (Å²) < 4.78 is 24.9. The molecule has 1 aromatic heterocycles. The lowest BCUT2D eigenvalue weighted by molar-refractivity contribution is -0.143. The molecule has 0 radical (unpaired) electrons. The van der Waals surface area contributed by atoms with Gasteiger partial charge in [0.15, 0.2) is 0 Å². The minimum atomic E-state index is -0.273. The average molecular weight is 448 g/mol. The van der Waals surface area contributed by atoms with Crippen molar-refractivity contribution in [2.75, 3.05) is 6.61 Å². The molecule has 0 aliphatic heterocycles. The third-order valence-corrected chi connectivity index (χ3v) is 6.04. The molecule has 4 nitrogen and oxygen atoms in total.